The molecule has 3 aromatic heterocycles. The van der Waals surface area contributed by atoms with E-state index in [9.17, 15) is 10.2 Å². The van der Waals surface area contributed by atoms with Crippen LogP contribution in [-0.4, -0.2) is 54.9 Å². The van der Waals surface area contributed by atoms with Gasteiger partial charge in [-0.3, -0.25) is 4.98 Å². The van der Waals surface area contributed by atoms with Gasteiger partial charge in [0.15, 0.2) is 0 Å². The fraction of sp³-hybridized carbons (Fsp3) is 0.500. The number of thiazole rings is 1. The van der Waals surface area contributed by atoms with Crippen LogP contribution in [0.25, 0.3) is 20.8 Å². The first-order valence-electron chi connectivity index (χ1n) is 11.6. The lowest BCUT2D eigenvalue weighted by molar-refractivity contribution is 0.0613. The molecule has 3 aromatic rings. The number of aliphatic hydroxyl groups is 2. The largest absolute Gasteiger partial charge is 0.396 e. The third-order valence-corrected chi connectivity index (χ3v) is 7.67. The van der Waals surface area contributed by atoms with E-state index in [1.165, 1.54) is 0 Å². The Balaban J connectivity index is 1.50. The number of aliphatic hydroxyl groups excluding tert-OH is 1. The summed E-state index contributed by atoms with van der Waals surface area (Å²) < 4.78 is 1.08. The first-order valence-corrected chi connectivity index (χ1v) is 12.4. The normalized spacial score (nSPS) is 21.7. The quantitative estimate of drug-likeness (QED) is 0.388. The minimum Gasteiger partial charge on any atom is -0.396 e. The van der Waals surface area contributed by atoms with Crippen molar-refractivity contribution in [2.45, 2.75) is 57.6 Å². The maximum Gasteiger partial charge on any atom is 0.225 e. The van der Waals surface area contributed by atoms with Crippen molar-refractivity contribution in [1.29, 1.82) is 0 Å². The molecule has 0 aromatic carbocycles. The minimum absolute atomic E-state index is 0.0693. The standard InChI is InChI=1S/C24H30N6O2S/c1-14-19(22-29-20-15(2)25-10-7-18(20)33-22)21(28-17-6-5-16(11-17)12-31)30-23(27-14)26-13-24(32)8-3-4-9-24/h5-7,10,16-17,31-32H,3-4,8-9,11-13H2,1-2H3,(H2,26,27,28,30). The Labute approximate surface area is 197 Å². The van der Waals surface area contributed by atoms with Crippen molar-refractivity contribution in [3.05, 3.63) is 35.8 Å². The second-order valence-corrected chi connectivity index (χ2v) is 10.2. The highest BCUT2D eigenvalue weighted by Gasteiger charge is 2.31. The highest BCUT2D eigenvalue weighted by molar-refractivity contribution is 7.21. The molecule has 2 atom stereocenters. The summed E-state index contributed by atoms with van der Waals surface area (Å²) in [7, 11) is 0. The van der Waals surface area contributed by atoms with Gasteiger partial charge in [0.1, 0.15) is 16.3 Å². The van der Waals surface area contributed by atoms with Gasteiger partial charge in [0.2, 0.25) is 5.95 Å². The second kappa shape index (κ2) is 8.96. The van der Waals surface area contributed by atoms with Gasteiger partial charge in [0, 0.05) is 31.3 Å². The van der Waals surface area contributed by atoms with Crippen molar-refractivity contribution in [3.8, 4) is 10.6 Å². The molecule has 1 saturated carbocycles. The number of nitrogens with zero attached hydrogens (tertiary/aromatic N) is 4. The molecule has 0 amide bonds. The summed E-state index contributed by atoms with van der Waals surface area (Å²) in [6.45, 7) is 4.51. The van der Waals surface area contributed by atoms with Crippen LogP contribution in [0, 0.1) is 19.8 Å². The molecule has 2 unspecified atom stereocenters. The zero-order valence-electron chi connectivity index (χ0n) is 19.0. The van der Waals surface area contributed by atoms with E-state index >= 15 is 0 Å². The van der Waals surface area contributed by atoms with Crippen molar-refractivity contribution in [2.24, 2.45) is 5.92 Å². The lowest BCUT2D eigenvalue weighted by atomic mass is 10.0. The van der Waals surface area contributed by atoms with E-state index < -0.39 is 5.60 Å². The Morgan fingerprint density at radius 2 is 1.94 bits per heavy atom. The lowest BCUT2D eigenvalue weighted by Gasteiger charge is -2.23. The Kier molecular flexibility index (Phi) is 6.03. The van der Waals surface area contributed by atoms with E-state index in [-0.39, 0.29) is 18.6 Å². The van der Waals surface area contributed by atoms with Crippen molar-refractivity contribution < 1.29 is 10.2 Å². The van der Waals surface area contributed by atoms with Crippen molar-refractivity contribution in [2.75, 3.05) is 23.8 Å². The van der Waals surface area contributed by atoms with Crippen LogP contribution in [0.1, 0.15) is 43.5 Å². The Bertz CT molecular complexity index is 1190. The summed E-state index contributed by atoms with van der Waals surface area (Å²) in [5.74, 6) is 1.36. The van der Waals surface area contributed by atoms with Gasteiger partial charge in [-0.1, -0.05) is 25.0 Å². The van der Waals surface area contributed by atoms with Crippen molar-refractivity contribution in [3.63, 3.8) is 0 Å². The van der Waals surface area contributed by atoms with Gasteiger partial charge in [-0.15, -0.1) is 11.3 Å². The molecule has 2 aliphatic rings. The van der Waals surface area contributed by atoms with Crippen LogP contribution in [0.3, 0.4) is 0 Å². The molecule has 4 N–H and O–H groups in total. The number of anilines is 2. The number of nitrogens with one attached hydrogen (secondary N) is 2. The van der Waals surface area contributed by atoms with E-state index in [1.807, 2.05) is 26.0 Å². The van der Waals surface area contributed by atoms with Crippen molar-refractivity contribution >= 4 is 33.3 Å². The third kappa shape index (κ3) is 4.58. The molecule has 2 aliphatic carbocycles. The molecule has 0 spiro atoms. The molecule has 174 valence electrons. The minimum atomic E-state index is -0.691. The highest BCUT2D eigenvalue weighted by Crippen LogP contribution is 2.38. The number of pyridine rings is 1. The van der Waals surface area contributed by atoms with Gasteiger partial charge in [-0.2, -0.15) is 4.98 Å². The van der Waals surface area contributed by atoms with Crippen LogP contribution in [0.15, 0.2) is 24.4 Å². The molecule has 0 bridgehead atoms. The molecule has 1 fully saturated rings. The predicted octanol–water partition coefficient (Wildman–Crippen LogP) is 3.83. The van der Waals surface area contributed by atoms with Gasteiger partial charge in [0.05, 0.1) is 27.3 Å². The summed E-state index contributed by atoms with van der Waals surface area (Å²) in [4.78, 5) is 18.8. The molecular weight excluding hydrogens is 436 g/mol. The van der Waals surface area contributed by atoms with E-state index in [4.69, 9.17) is 15.0 Å². The zero-order chi connectivity index (χ0) is 23.0. The Hall–Kier alpha value is -2.62. The third-order valence-electron chi connectivity index (χ3n) is 6.63. The molecule has 0 radical (unpaired) electrons. The van der Waals surface area contributed by atoms with Crippen LogP contribution in [0.2, 0.25) is 0 Å². The maximum absolute atomic E-state index is 10.7. The Morgan fingerprint density at radius 1 is 1.12 bits per heavy atom. The van der Waals surface area contributed by atoms with Gasteiger partial charge < -0.3 is 20.8 Å². The van der Waals surface area contributed by atoms with Crippen LogP contribution in [0.5, 0.6) is 0 Å². The van der Waals surface area contributed by atoms with Crippen LogP contribution in [-0.2, 0) is 0 Å². The molecule has 0 saturated heterocycles. The van der Waals surface area contributed by atoms with E-state index in [0.29, 0.717) is 18.3 Å². The second-order valence-electron chi connectivity index (χ2n) is 9.22. The van der Waals surface area contributed by atoms with Gasteiger partial charge in [-0.25, -0.2) is 9.97 Å². The smallest absolute Gasteiger partial charge is 0.225 e. The van der Waals surface area contributed by atoms with Crippen molar-refractivity contribution in [1.82, 2.24) is 19.9 Å². The fourth-order valence-corrected chi connectivity index (χ4v) is 5.86. The monoisotopic (exact) mass is 466 g/mol. The Morgan fingerprint density at radius 3 is 2.67 bits per heavy atom. The highest BCUT2D eigenvalue weighted by atomic mass is 32.1. The van der Waals surface area contributed by atoms with Crippen LogP contribution < -0.4 is 10.6 Å². The van der Waals surface area contributed by atoms with E-state index in [0.717, 1.165) is 64.3 Å². The first kappa shape index (κ1) is 22.2. The number of aromatic nitrogens is 4. The fourth-order valence-electron chi connectivity index (χ4n) is 4.75. The van der Waals surface area contributed by atoms with E-state index in [1.54, 1.807) is 17.5 Å². The number of rotatable bonds is 7. The number of aryl methyl sites for hydroxylation is 2. The first-order chi connectivity index (χ1) is 15.9. The SMILES string of the molecule is Cc1nc(NCC2(O)CCCC2)nc(NC2C=CC(CO)C2)c1-c1nc2c(C)nccc2s1. The molecule has 0 aliphatic heterocycles. The average molecular weight is 467 g/mol. The zero-order valence-corrected chi connectivity index (χ0v) is 19.8. The summed E-state index contributed by atoms with van der Waals surface area (Å²) >= 11 is 1.61. The van der Waals surface area contributed by atoms with Gasteiger partial charge in [0.25, 0.3) is 0 Å². The van der Waals surface area contributed by atoms with Crippen LogP contribution in [0.4, 0.5) is 11.8 Å². The van der Waals surface area contributed by atoms with Crippen LogP contribution >= 0.6 is 11.3 Å². The molecular formula is C24H30N6O2S. The van der Waals surface area contributed by atoms with Gasteiger partial charge >= 0.3 is 0 Å². The summed E-state index contributed by atoms with van der Waals surface area (Å²) in [6.07, 6.45) is 10.5. The number of hydrogen-bond acceptors (Lipinski definition) is 9. The molecule has 9 heteroatoms. The number of hydrogen-bond donors (Lipinski definition) is 4. The molecule has 33 heavy (non-hydrogen) atoms. The number of fused-ring (bicyclic) bond motifs is 1. The van der Waals surface area contributed by atoms with Gasteiger partial charge in [-0.05, 0) is 39.2 Å². The predicted molar refractivity (Wildman–Crippen MR) is 132 cm³/mol. The summed E-state index contributed by atoms with van der Waals surface area (Å²) in [5.41, 5.74) is 2.80. The molecule has 3 heterocycles. The molecule has 8 nitrogen and oxygen atoms in total. The lowest BCUT2D eigenvalue weighted by Crippen LogP contribution is -2.34. The molecule has 5 rings (SSSR count). The summed E-state index contributed by atoms with van der Waals surface area (Å²) in [6, 6.07) is 2.05. The maximum atomic E-state index is 10.7. The summed E-state index contributed by atoms with van der Waals surface area (Å²) in [5, 5.41) is 27.9. The average Bonchev–Trinajstić information content (AvgIpc) is 3.53. The topological polar surface area (TPSA) is 116 Å². The van der Waals surface area contributed by atoms with E-state index in [2.05, 4.69) is 21.7 Å².